The van der Waals surface area contributed by atoms with E-state index in [2.05, 4.69) is 21.1 Å². The number of sulfonamides is 1. The molecule has 0 saturated heterocycles. The van der Waals surface area contributed by atoms with E-state index >= 15 is 0 Å². The Morgan fingerprint density at radius 2 is 1.95 bits per heavy atom. The van der Waals surface area contributed by atoms with Crippen molar-refractivity contribution in [3.8, 4) is 0 Å². The molecule has 0 bridgehead atoms. The zero-order valence-corrected chi connectivity index (χ0v) is 14.3. The molecule has 1 aliphatic carbocycles. The second-order valence-electron chi connectivity index (χ2n) is 5.25. The minimum atomic E-state index is -3.53. The van der Waals surface area contributed by atoms with E-state index in [0.717, 1.165) is 25.7 Å². The monoisotopic (exact) mass is 364 g/mol. The van der Waals surface area contributed by atoms with E-state index in [-0.39, 0.29) is 10.9 Å². The number of hydrogen-bond donors (Lipinski definition) is 0. The lowest BCUT2D eigenvalue weighted by atomic mass is 9.95. The van der Waals surface area contributed by atoms with Gasteiger partial charge < -0.3 is 4.52 Å². The van der Waals surface area contributed by atoms with Gasteiger partial charge in [-0.2, -0.15) is 4.31 Å². The van der Waals surface area contributed by atoms with Crippen molar-refractivity contribution in [2.75, 3.05) is 11.9 Å². The van der Waals surface area contributed by atoms with Crippen LogP contribution in [-0.4, -0.2) is 35.8 Å². The van der Waals surface area contributed by atoms with Crippen molar-refractivity contribution in [2.45, 2.75) is 56.9 Å². The van der Waals surface area contributed by atoms with Gasteiger partial charge in [0.05, 0.1) is 0 Å². The highest BCUT2D eigenvalue weighted by Gasteiger charge is 2.35. The molecule has 0 radical (unpaired) electrons. The van der Waals surface area contributed by atoms with Crippen LogP contribution in [0.25, 0.3) is 0 Å². The van der Waals surface area contributed by atoms with Crippen LogP contribution in [0.2, 0.25) is 0 Å². The molecular formula is C13H21BrN2O3S. The Morgan fingerprint density at radius 3 is 2.45 bits per heavy atom. The lowest BCUT2D eigenvalue weighted by Gasteiger charge is -2.32. The molecule has 1 aliphatic rings. The minimum Gasteiger partial charge on any atom is -0.360 e. The summed E-state index contributed by atoms with van der Waals surface area (Å²) in [5.74, 6) is 0.373. The quantitative estimate of drug-likeness (QED) is 0.753. The van der Waals surface area contributed by atoms with E-state index in [1.807, 2.05) is 0 Å². The molecule has 2 rings (SSSR count). The molecule has 1 saturated carbocycles. The third kappa shape index (κ3) is 3.09. The van der Waals surface area contributed by atoms with Gasteiger partial charge in [0.15, 0.2) is 5.76 Å². The second-order valence-corrected chi connectivity index (χ2v) is 7.87. The van der Waals surface area contributed by atoms with E-state index in [0.29, 0.717) is 23.3 Å². The molecule has 114 valence electrons. The zero-order valence-electron chi connectivity index (χ0n) is 11.9. The Morgan fingerprint density at radius 1 is 1.30 bits per heavy atom. The maximum Gasteiger partial charge on any atom is 0.248 e. The molecule has 1 fully saturated rings. The van der Waals surface area contributed by atoms with Crippen LogP contribution in [0.5, 0.6) is 0 Å². The summed E-state index contributed by atoms with van der Waals surface area (Å²) >= 11 is 3.36. The van der Waals surface area contributed by atoms with E-state index in [1.165, 1.54) is 6.42 Å². The molecule has 5 nitrogen and oxygen atoms in total. The fourth-order valence-corrected chi connectivity index (χ4v) is 5.51. The first kappa shape index (κ1) is 16.0. The van der Waals surface area contributed by atoms with Crippen molar-refractivity contribution >= 4 is 26.0 Å². The first-order valence-corrected chi connectivity index (χ1v) is 9.55. The molecule has 1 heterocycles. The average molecular weight is 365 g/mol. The summed E-state index contributed by atoms with van der Waals surface area (Å²) < 4.78 is 32.5. The number of alkyl halides is 1. The van der Waals surface area contributed by atoms with Gasteiger partial charge in [0.25, 0.3) is 0 Å². The van der Waals surface area contributed by atoms with Gasteiger partial charge in [-0.3, -0.25) is 0 Å². The van der Waals surface area contributed by atoms with Gasteiger partial charge >= 0.3 is 0 Å². The summed E-state index contributed by atoms with van der Waals surface area (Å²) in [5.41, 5.74) is 0.442. The van der Waals surface area contributed by atoms with E-state index in [4.69, 9.17) is 4.52 Å². The van der Waals surface area contributed by atoms with Crippen LogP contribution in [0, 0.1) is 13.8 Å². The molecule has 0 atom stereocenters. The molecule has 0 N–H and O–H groups in total. The van der Waals surface area contributed by atoms with Gasteiger partial charge in [0, 0.05) is 17.9 Å². The van der Waals surface area contributed by atoms with Crippen LogP contribution in [-0.2, 0) is 10.0 Å². The summed E-state index contributed by atoms with van der Waals surface area (Å²) in [5, 5.41) is 4.41. The molecule has 0 aliphatic heterocycles. The molecule has 20 heavy (non-hydrogen) atoms. The first-order valence-electron chi connectivity index (χ1n) is 6.99. The Hall–Kier alpha value is -0.400. The van der Waals surface area contributed by atoms with Gasteiger partial charge in [0.1, 0.15) is 10.6 Å². The summed E-state index contributed by atoms with van der Waals surface area (Å²) in [6.45, 7) is 3.81. The third-order valence-corrected chi connectivity index (χ3v) is 6.37. The smallest absolute Gasteiger partial charge is 0.248 e. The zero-order chi connectivity index (χ0) is 14.8. The second kappa shape index (κ2) is 6.58. The molecule has 0 aromatic carbocycles. The van der Waals surface area contributed by atoms with E-state index in [1.54, 1.807) is 18.2 Å². The van der Waals surface area contributed by atoms with Crippen LogP contribution < -0.4 is 0 Å². The van der Waals surface area contributed by atoms with Crippen molar-refractivity contribution in [3.05, 3.63) is 11.5 Å². The van der Waals surface area contributed by atoms with Crippen molar-refractivity contribution in [1.82, 2.24) is 9.46 Å². The van der Waals surface area contributed by atoms with Gasteiger partial charge in [-0.05, 0) is 26.7 Å². The van der Waals surface area contributed by atoms with E-state index in [9.17, 15) is 8.42 Å². The van der Waals surface area contributed by atoms with Gasteiger partial charge in [-0.15, -0.1) is 0 Å². The normalized spacial score (nSPS) is 17.8. The predicted molar refractivity (Wildman–Crippen MR) is 80.5 cm³/mol. The number of rotatable bonds is 5. The summed E-state index contributed by atoms with van der Waals surface area (Å²) in [4.78, 5) is 0.240. The average Bonchev–Trinajstić information content (AvgIpc) is 2.77. The number of aromatic nitrogens is 1. The Kier molecular flexibility index (Phi) is 5.25. The largest absolute Gasteiger partial charge is 0.360 e. The number of hydrogen-bond acceptors (Lipinski definition) is 4. The molecule has 1 aromatic rings. The maximum atomic E-state index is 12.9. The highest BCUT2D eigenvalue weighted by molar-refractivity contribution is 9.09. The van der Waals surface area contributed by atoms with Crippen LogP contribution in [0.1, 0.15) is 43.6 Å². The van der Waals surface area contributed by atoms with Crippen molar-refractivity contribution in [3.63, 3.8) is 0 Å². The lowest BCUT2D eigenvalue weighted by molar-refractivity contribution is 0.262. The van der Waals surface area contributed by atoms with Crippen molar-refractivity contribution in [1.29, 1.82) is 0 Å². The summed E-state index contributed by atoms with van der Waals surface area (Å²) in [7, 11) is -3.53. The van der Waals surface area contributed by atoms with Crippen molar-refractivity contribution in [2.24, 2.45) is 0 Å². The number of halogens is 1. The highest BCUT2D eigenvalue weighted by Crippen LogP contribution is 2.30. The van der Waals surface area contributed by atoms with Crippen LogP contribution >= 0.6 is 15.9 Å². The fraction of sp³-hybridized carbons (Fsp3) is 0.769. The first-order chi connectivity index (χ1) is 9.48. The Bertz CT molecular complexity index is 530. The Balaban J connectivity index is 2.36. The molecule has 0 unspecified atom stereocenters. The summed E-state index contributed by atoms with van der Waals surface area (Å²) in [6.07, 6.45) is 5.27. The minimum absolute atomic E-state index is 0.0972. The molecule has 0 amide bonds. The fourth-order valence-electron chi connectivity index (χ4n) is 2.91. The topological polar surface area (TPSA) is 63.4 Å². The van der Waals surface area contributed by atoms with Crippen molar-refractivity contribution < 1.29 is 12.9 Å². The number of nitrogens with zero attached hydrogens (tertiary/aromatic N) is 2. The van der Waals surface area contributed by atoms with Crippen LogP contribution in [0.3, 0.4) is 0 Å². The highest BCUT2D eigenvalue weighted by atomic mass is 79.9. The maximum absolute atomic E-state index is 12.9. The third-order valence-electron chi connectivity index (χ3n) is 3.82. The van der Waals surface area contributed by atoms with Gasteiger partial charge in [-0.25, -0.2) is 8.42 Å². The van der Waals surface area contributed by atoms with Gasteiger partial charge in [-0.1, -0.05) is 40.3 Å². The summed E-state index contributed by atoms with van der Waals surface area (Å²) in [6, 6.07) is 0.0972. The molecular weight excluding hydrogens is 344 g/mol. The van der Waals surface area contributed by atoms with Crippen LogP contribution in [0.4, 0.5) is 0 Å². The number of aryl methyl sites for hydroxylation is 2. The lowest BCUT2D eigenvalue weighted by Crippen LogP contribution is -2.42. The standard InChI is InChI=1S/C13H21BrN2O3S/c1-10-13(11(2)19-15-10)20(17,18)16(9-8-14)12-6-4-3-5-7-12/h12H,3-9H2,1-2H3. The Labute approximate surface area is 128 Å². The SMILES string of the molecule is Cc1noc(C)c1S(=O)(=O)N(CCBr)C1CCCCC1. The van der Waals surface area contributed by atoms with Crippen LogP contribution in [0.15, 0.2) is 9.42 Å². The van der Waals surface area contributed by atoms with Gasteiger partial charge in [0.2, 0.25) is 10.0 Å². The molecule has 0 spiro atoms. The van der Waals surface area contributed by atoms with E-state index < -0.39 is 10.0 Å². The predicted octanol–water partition coefficient (Wildman–Crippen LogP) is 3.01. The molecule has 7 heteroatoms. The molecule has 1 aromatic heterocycles.